The normalized spacial score (nSPS) is 10.9. The quantitative estimate of drug-likeness (QED) is 0.796. The van der Waals surface area contributed by atoms with Crippen LogP contribution in [0, 0.1) is 0 Å². The molecule has 0 aromatic carbocycles. The second-order valence-electron chi connectivity index (χ2n) is 3.38. The first kappa shape index (κ1) is 11.0. The minimum atomic E-state index is 0.444. The molecular formula is C9H14N6S. The van der Waals surface area contributed by atoms with Gasteiger partial charge in [-0.1, -0.05) is 18.7 Å². The fraction of sp³-hybridized carbons (Fsp3) is 0.444. The van der Waals surface area contributed by atoms with Crippen molar-refractivity contribution in [3.05, 3.63) is 18.0 Å². The Balaban J connectivity index is 2.22. The zero-order valence-corrected chi connectivity index (χ0v) is 10.1. The van der Waals surface area contributed by atoms with Gasteiger partial charge in [-0.2, -0.15) is 5.10 Å². The molecule has 0 aliphatic rings. The van der Waals surface area contributed by atoms with E-state index in [2.05, 4.69) is 22.2 Å². The van der Waals surface area contributed by atoms with E-state index < -0.39 is 0 Å². The molecule has 16 heavy (non-hydrogen) atoms. The number of nitrogens with two attached hydrogens (primary N) is 1. The van der Waals surface area contributed by atoms with Crippen LogP contribution in [0.1, 0.15) is 12.5 Å². The molecule has 0 unspecified atom stereocenters. The van der Waals surface area contributed by atoms with Crippen molar-refractivity contribution in [3.8, 4) is 0 Å². The minimum Gasteiger partial charge on any atom is -0.368 e. The van der Waals surface area contributed by atoms with Crippen LogP contribution in [0.2, 0.25) is 0 Å². The molecule has 0 spiro atoms. The number of aromatic nitrogens is 5. The summed E-state index contributed by atoms with van der Waals surface area (Å²) >= 11 is 1.63. The highest BCUT2D eigenvalue weighted by molar-refractivity contribution is 7.99. The zero-order chi connectivity index (χ0) is 11.5. The fourth-order valence-electron chi connectivity index (χ4n) is 1.42. The van der Waals surface area contributed by atoms with Gasteiger partial charge in [-0.05, 0) is 5.75 Å². The summed E-state index contributed by atoms with van der Waals surface area (Å²) in [5, 5.41) is 12.9. The van der Waals surface area contributed by atoms with Gasteiger partial charge in [0.25, 0.3) is 0 Å². The molecule has 0 atom stereocenters. The number of nitrogen functional groups attached to an aromatic ring is 1. The summed E-state index contributed by atoms with van der Waals surface area (Å²) in [6.45, 7) is 2.74. The summed E-state index contributed by atoms with van der Waals surface area (Å²) in [5.74, 6) is 1.39. The van der Waals surface area contributed by atoms with E-state index in [1.54, 1.807) is 16.4 Å². The molecule has 6 nitrogen and oxygen atoms in total. The molecule has 0 radical (unpaired) electrons. The molecule has 0 aliphatic carbocycles. The molecule has 2 N–H and O–H groups in total. The summed E-state index contributed by atoms with van der Waals surface area (Å²) in [6, 6.07) is 0. The van der Waals surface area contributed by atoms with Crippen LogP contribution in [0.4, 0.5) is 5.95 Å². The van der Waals surface area contributed by atoms with E-state index in [1.807, 2.05) is 24.0 Å². The molecule has 2 rings (SSSR count). The maximum Gasteiger partial charge on any atom is 0.223 e. The van der Waals surface area contributed by atoms with Crippen molar-refractivity contribution in [2.75, 3.05) is 11.5 Å². The predicted octanol–water partition coefficient (Wildman–Crippen LogP) is 0.754. The van der Waals surface area contributed by atoms with Gasteiger partial charge in [0.2, 0.25) is 5.95 Å². The van der Waals surface area contributed by atoms with Crippen LogP contribution < -0.4 is 5.73 Å². The van der Waals surface area contributed by atoms with Crippen LogP contribution >= 0.6 is 11.8 Å². The molecule has 2 heterocycles. The third kappa shape index (κ3) is 2.19. The van der Waals surface area contributed by atoms with Gasteiger partial charge in [0.05, 0.1) is 12.7 Å². The topological polar surface area (TPSA) is 74.6 Å². The molecule has 0 fully saturated rings. The van der Waals surface area contributed by atoms with Crippen molar-refractivity contribution in [1.29, 1.82) is 0 Å². The van der Waals surface area contributed by atoms with Gasteiger partial charge in [-0.15, -0.1) is 10.2 Å². The van der Waals surface area contributed by atoms with Crippen LogP contribution in [0.3, 0.4) is 0 Å². The monoisotopic (exact) mass is 238 g/mol. The Labute approximate surface area is 97.8 Å². The first-order chi connectivity index (χ1) is 7.70. The van der Waals surface area contributed by atoms with Crippen molar-refractivity contribution in [3.63, 3.8) is 0 Å². The highest BCUT2D eigenvalue weighted by Gasteiger charge is 2.10. The molecule has 2 aromatic heterocycles. The van der Waals surface area contributed by atoms with E-state index in [-0.39, 0.29) is 0 Å². The van der Waals surface area contributed by atoms with E-state index in [4.69, 9.17) is 5.73 Å². The largest absolute Gasteiger partial charge is 0.368 e. The van der Waals surface area contributed by atoms with E-state index in [0.29, 0.717) is 12.5 Å². The average Bonchev–Trinajstić information content (AvgIpc) is 2.79. The van der Waals surface area contributed by atoms with Crippen LogP contribution in [-0.4, -0.2) is 30.3 Å². The number of thioether (sulfide) groups is 1. The van der Waals surface area contributed by atoms with E-state index in [9.17, 15) is 0 Å². The van der Waals surface area contributed by atoms with Gasteiger partial charge in [0, 0.05) is 18.8 Å². The Morgan fingerprint density at radius 1 is 1.44 bits per heavy atom. The molecule has 0 saturated carbocycles. The number of aryl methyl sites for hydroxylation is 1. The van der Waals surface area contributed by atoms with Crippen LogP contribution in [0.5, 0.6) is 0 Å². The van der Waals surface area contributed by atoms with Crippen molar-refractivity contribution in [2.45, 2.75) is 18.6 Å². The Bertz CT molecular complexity index is 474. The first-order valence-corrected chi connectivity index (χ1v) is 5.98. The summed E-state index contributed by atoms with van der Waals surface area (Å²) < 4.78 is 3.66. The van der Waals surface area contributed by atoms with Gasteiger partial charge >= 0.3 is 0 Å². The van der Waals surface area contributed by atoms with Gasteiger partial charge in [0.15, 0.2) is 5.16 Å². The summed E-state index contributed by atoms with van der Waals surface area (Å²) in [7, 11) is 1.89. The minimum absolute atomic E-state index is 0.444. The summed E-state index contributed by atoms with van der Waals surface area (Å²) in [6.07, 6.45) is 3.78. The number of anilines is 1. The van der Waals surface area contributed by atoms with E-state index in [0.717, 1.165) is 16.5 Å². The van der Waals surface area contributed by atoms with Crippen molar-refractivity contribution in [2.24, 2.45) is 7.05 Å². The van der Waals surface area contributed by atoms with Gasteiger partial charge in [0.1, 0.15) is 0 Å². The number of rotatable bonds is 4. The highest BCUT2D eigenvalue weighted by Crippen LogP contribution is 2.18. The Morgan fingerprint density at radius 2 is 2.25 bits per heavy atom. The second kappa shape index (κ2) is 4.56. The van der Waals surface area contributed by atoms with Crippen LogP contribution in [0.25, 0.3) is 0 Å². The molecular weight excluding hydrogens is 224 g/mol. The lowest BCUT2D eigenvalue weighted by Gasteiger charge is -2.04. The number of nitrogens with zero attached hydrogens (tertiary/aromatic N) is 5. The summed E-state index contributed by atoms with van der Waals surface area (Å²) in [4.78, 5) is 0. The van der Waals surface area contributed by atoms with E-state index in [1.165, 1.54) is 0 Å². The van der Waals surface area contributed by atoms with Crippen molar-refractivity contribution < 1.29 is 0 Å². The molecule has 0 saturated heterocycles. The predicted molar refractivity (Wildman–Crippen MR) is 63.1 cm³/mol. The maximum atomic E-state index is 5.78. The molecule has 0 aliphatic heterocycles. The average molecular weight is 238 g/mol. The first-order valence-electron chi connectivity index (χ1n) is 4.99. The zero-order valence-electron chi connectivity index (χ0n) is 9.29. The summed E-state index contributed by atoms with van der Waals surface area (Å²) in [5.41, 5.74) is 6.86. The molecule has 86 valence electrons. The lowest BCUT2D eigenvalue weighted by molar-refractivity contribution is 0.714. The third-order valence-electron chi connectivity index (χ3n) is 2.12. The van der Waals surface area contributed by atoms with Gasteiger partial charge in [-0.3, -0.25) is 9.25 Å². The second-order valence-corrected chi connectivity index (χ2v) is 4.61. The van der Waals surface area contributed by atoms with Gasteiger partial charge in [-0.25, -0.2) is 0 Å². The standard InChI is InChI=1S/C9H14N6S/c1-3-16-9-13-12-8(10)15(9)6-7-4-11-14(2)5-7/h4-5H,3,6H2,1-2H3,(H2,10,12). The lowest BCUT2D eigenvalue weighted by atomic mass is 10.3. The molecule has 7 heteroatoms. The molecule has 2 aromatic rings. The highest BCUT2D eigenvalue weighted by atomic mass is 32.2. The SMILES string of the molecule is CCSc1nnc(N)n1Cc1cnn(C)c1. The smallest absolute Gasteiger partial charge is 0.223 e. The third-order valence-corrected chi connectivity index (χ3v) is 2.97. The fourth-order valence-corrected chi connectivity index (χ4v) is 2.09. The lowest BCUT2D eigenvalue weighted by Crippen LogP contribution is -2.05. The Kier molecular flexibility index (Phi) is 3.14. The Hall–Kier alpha value is -1.50. The van der Waals surface area contributed by atoms with Crippen LogP contribution in [-0.2, 0) is 13.6 Å². The Morgan fingerprint density at radius 3 is 2.88 bits per heavy atom. The number of hydrogen-bond acceptors (Lipinski definition) is 5. The maximum absolute atomic E-state index is 5.78. The van der Waals surface area contributed by atoms with Crippen LogP contribution in [0.15, 0.2) is 17.6 Å². The van der Waals surface area contributed by atoms with Crippen molar-refractivity contribution in [1.82, 2.24) is 24.5 Å². The number of hydrogen-bond donors (Lipinski definition) is 1. The van der Waals surface area contributed by atoms with Crippen molar-refractivity contribution >= 4 is 17.7 Å². The molecule has 0 bridgehead atoms. The van der Waals surface area contributed by atoms with E-state index >= 15 is 0 Å². The van der Waals surface area contributed by atoms with Gasteiger partial charge < -0.3 is 5.73 Å². The molecule has 0 amide bonds.